The lowest BCUT2D eigenvalue weighted by Gasteiger charge is -2.22. The van der Waals surface area contributed by atoms with Crippen molar-refractivity contribution in [3.8, 4) is 0 Å². The van der Waals surface area contributed by atoms with E-state index in [2.05, 4.69) is 10.6 Å². The first-order valence-corrected chi connectivity index (χ1v) is 10.2. The van der Waals surface area contributed by atoms with Crippen molar-refractivity contribution in [2.75, 3.05) is 32.2 Å². The molecule has 0 radical (unpaired) electrons. The number of rotatable bonds is 8. The molecule has 2 amide bonds. The predicted molar refractivity (Wildman–Crippen MR) is 119 cm³/mol. The molecular weight excluding hydrogens is 390 g/mol. The van der Waals surface area contributed by atoms with E-state index in [1.165, 1.54) is 0 Å². The Kier molecular flexibility index (Phi) is 15.6. The highest BCUT2D eigenvalue weighted by Gasteiger charge is 2.26. The normalized spacial score (nSPS) is 10.0. The van der Waals surface area contributed by atoms with Crippen LogP contribution in [0, 0.1) is 20.8 Å². The molecule has 0 atom stereocenters. The van der Waals surface area contributed by atoms with E-state index in [4.69, 9.17) is 26.2 Å². The fourth-order valence-electron chi connectivity index (χ4n) is 2.73. The van der Waals surface area contributed by atoms with Gasteiger partial charge in [-0.1, -0.05) is 27.7 Å². The molecule has 9 heteroatoms. The van der Waals surface area contributed by atoms with E-state index in [1.807, 2.05) is 27.7 Å². The Bertz CT molecular complexity index is 618. The Morgan fingerprint density at radius 2 is 0.967 bits per heavy atom. The minimum Gasteiger partial charge on any atom is -0.398 e. The summed E-state index contributed by atoms with van der Waals surface area (Å²) >= 11 is 0. The van der Waals surface area contributed by atoms with Crippen molar-refractivity contribution in [2.24, 2.45) is 0 Å². The second-order valence-electron chi connectivity index (χ2n) is 6.11. The topological polar surface area (TPSA) is 165 Å². The highest BCUT2D eigenvalue weighted by molar-refractivity contribution is 6.06. The van der Waals surface area contributed by atoms with Crippen LogP contribution in [-0.4, -0.2) is 70.8 Å². The lowest BCUT2D eigenvalue weighted by molar-refractivity contribution is 0.0875. The first kappa shape index (κ1) is 30.0. The van der Waals surface area contributed by atoms with E-state index in [0.29, 0.717) is 16.7 Å². The summed E-state index contributed by atoms with van der Waals surface area (Å²) in [6, 6.07) is -1.68. The van der Waals surface area contributed by atoms with Gasteiger partial charge in [-0.2, -0.15) is 0 Å². The van der Waals surface area contributed by atoms with Gasteiger partial charge in [0.15, 0.2) is 0 Å². The second kappa shape index (κ2) is 15.6. The molecular formula is C21H39N3O6. The number of nitrogen functional groups attached to an aromatic ring is 1. The number of nitrogens with two attached hydrogens (primary N) is 1. The van der Waals surface area contributed by atoms with Crippen molar-refractivity contribution in [3.63, 3.8) is 0 Å². The largest absolute Gasteiger partial charge is 0.398 e. The van der Waals surface area contributed by atoms with Gasteiger partial charge in [-0.05, 0) is 37.5 Å². The third-order valence-electron chi connectivity index (χ3n) is 4.31. The van der Waals surface area contributed by atoms with Gasteiger partial charge in [0.2, 0.25) is 0 Å². The molecule has 174 valence electrons. The van der Waals surface area contributed by atoms with Crippen LogP contribution in [0.5, 0.6) is 0 Å². The molecule has 0 fully saturated rings. The Morgan fingerprint density at radius 3 is 1.20 bits per heavy atom. The second-order valence-corrected chi connectivity index (χ2v) is 6.11. The molecule has 1 rings (SSSR count). The molecule has 0 heterocycles. The van der Waals surface area contributed by atoms with Crippen LogP contribution in [0.4, 0.5) is 5.69 Å². The highest BCUT2D eigenvalue weighted by atomic mass is 16.3. The summed E-state index contributed by atoms with van der Waals surface area (Å²) in [7, 11) is 0. The molecule has 8 N–H and O–H groups in total. The first-order chi connectivity index (χ1) is 14.2. The van der Waals surface area contributed by atoms with Gasteiger partial charge >= 0.3 is 0 Å². The van der Waals surface area contributed by atoms with Crippen molar-refractivity contribution in [1.82, 2.24) is 10.6 Å². The van der Waals surface area contributed by atoms with Crippen LogP contribution in [0.25, 0.3) is 0 Å². The minimum absolute atomic E-state index is 0.176. The number of anilines is 1. The quantitative estimate of drug-likeness (QED) is 0.294. The van der Waals surface area contributed by atoms with Crippen LogP contribution in [0.15, 0.2) is 0 Å². The van der Waals surface area contributed by atoms with Gasteiger partial charge in [0.1, 0.15) is 0 Å². The predicted octanol–water partition coefficient (Wildman–Crippen LogP) is 0.412. The number of benzene rings is 1. The molecule has 0 aliphatic rings. The lowest BCUT2D eigenvalue weighted by Crippen LogP contribution is -2.42. The molecule has 9 nitrogen and oxygen atoms in total. The van der Waals surface area contributed by atoms with E-state index >= 15 is 0 Å². The maximum Gasteiger partial charge on any atom is 0.252 e. The monoisotopic (exact) mass is 429 g/mol. The Hall–Kier alpha value is -2.20. The maximum atomic E-state index is 12.6. The van der Waals surface area contributed by atoms with E-state index < -0.39 is 50.3 Å². The summed E-state index contributed by atoms with van der Waals surface area (Å²) in [6.45, 7) is 11.1. The van der Waals surface area contributed by atoms with Crippen LogP contribution in [-0.2, 0) is 0 Å². The van der Waals surface area contributed by atoms with Gasteiger partial charge < -0.3 is 36.8 Å². The average molecular weight is 430 g/mol. The molecule has 0 aliphatic carbocycles. The number of carbonyl (C=O) groups is 2. The molecule has 0 bridgehead atoms. The zero-order valence-corrected chi connectivity index (χ0v) is 19.2. The van der Waals surface area contributed by atoms with E-state index in [9.17, 15) is 9.59 Å². The smallest absolute Gasteiger partial charge is 0.252 e. The van der Waals surface area contributed by atoms with Gasteiger partial charge in [0.05, 0.1) is 38.5 Å². The minimum atomic E-state index is -0.839. The number of hydrogen-bond acceptors (Lipinski definition) is 7. The third kappa shape index (κ3) is 7.56. The van der Waals surface area contributed by atoms with Gasteiger partial charge in [-0.25, -0.2) is 0 Å². The fraction of sp³-hybridized carbons (Fsp3) is 0.619. The molecule has 1 aromatic carbocycles. The van der Waals surface area contributed by atoms with Crippen molar-refractivity contribution < 1.29 is 30.0 Å². The van der Waals surface area contributed by atoms with Crippen molar-refractivity contribution in [2.45, 2.75) is 60.5 Å². The van der Waals surface area contributed by atoms with E-state index in [1.54, 1.807) is 20.8 Å². The van der Waals surface area contributed by atoms with E-state index in [0.717, 1.165) is 0 Å². The average Bonchev–Trinajstić information content (AvgIpc) is 2.77. The molecule has 0 aromatic heterocycles. The van der Waals surface area contributed by atoms with Crippen molar-refractivity contribution in [3.05, 3.63) is 27.8 Å². The van der Waals surface area contributed by atoms with Gasteiger partial charge in [0, 0.05) is 16.8 Å². The van der Waals surface area contributed by atoms with Crippen LogP contribution >= 0.6 is 0 Å². The number of hydrogen-bond donors (Lipinski definition) is 7. The number of amides is 2. The van der Waals surface area contributed by atoms with Crippen molar-refractivity contribution >= 4 is 17.5 Å². The number of aliphatic hydroxyl groups is 4. The standard InChI is InChI=1S/C17H27N3O6.2C2H6/c1-8-13(16(25)19-11(4-21)5-22)9(2)15(18)10(3)14(8)17(26)20-12(6-23)7-24;2*1-2/h11-12,21-24H,4-7,18H2,1-3H3,(H,19,25)(H,20,26);2*1-2H3. The molecule has 0 saturated carbocycles. The maximum absolute atomic E-state index is 12.6. The first-order valence-electron chi connectivity index (χ1n) is 10.2. The molecule has 0 aliphatic heterocycles. The van der Waals surface area contributed by atoms with Crippen LogP contribution in [0.3, 0.4) is 0 Å². The SMILES string of the molecule is CC.CC.Cc1c(N)c(C)c(C(=O)NC(CO)CO)c(C)c1C(=O)NC(CO)CO. The molecule has 0 spiro atoms. The Morgan fingerprint density at radius 1 is 0.700 bits per heavy atom. The highest BCUT2D eigenvalue weighted by Crippen LogP contribution is 2.29. The summed E-state index contributed by atoms with van der Waals surface area (Å²) in [5, 5.41) is 41.5. The summed E-state index contributed by atoms with van der Waals surface area (Å²) in [4.78, 5) is 25.2. The molecule has 0 unspecified atom stereocenters. The van der Waals surface area contributed by atoms with Gasteiger partial charge in [0.25, 0.3) is 11.8 Å². The Balaban J connectivity index is 0. The lowest BCUT2D eigenvalue weighted by atomic mass is 9.90. The molecule has 0 saturated heterocycles. The van der Waals surface area contributed by atoms with Crippen molar-refractivity contribution in [1.29, 1.82) is 0 Å². The Labute approximate surface area is 179 Å². The summed E-state index contributed by atoms with van der Waals surface area (Å²) in [6.07, 6.45) is 0. The third-order valence-corrected chi connectivity index (χ3v) is 4.31. The summed E-state index contributed by atoms with van der Waals surface area (Å²) < 4.78 is 0. The van der Waals surface area contributed by atoms with E-state index in [-0.39, 0.29) is 16.8 Å². The van der Waals surface area contributed by atoms with Crippen LogP contribution in [0.1, 0.15) is 65.1 Å². The zero-order valence-electron chi connectivity index (χ0n) is 19.2. The number of nitrogens with one attached hydrogen (secondary N) is 2. The molecule has 30 heavy (non-hydrogen) atoms. The zero-order chi connectivity index (χ0) is 24.0. The van der Waals surface area contributed by atoms with Crippen LogP contribution < -0.4 is 16.4 Å². The summed E-state index contributed by atoms with van der Waals surface area (Å²) in [5.41, 5.74) is 8.00. The van der Waals surface area contributed by atoms with Gasteiger partial charge in [-0.3, -0.25) is 9.59 Å². The summed E-state index contributed by atoms with van der Waals surface area (Å²) in [5.74, 6) is -1.15. The molecule has 1 aromatic rings. The number of aliphatic hydroxyl groups excluding tert-OH is 4. The number of carbonyl (C=O) groups excluding carboxylic acids is 2. The van der Waals surface area contributed by atoms with Gasteiger partial charge in [-0.15, -0.1) is 0 Å². The fourth-order valence-corrected chi connectivity index (χ4v) is 2.73. The van der Waals surface area contributed by atoms with Crippen LogP contribution in [0.2, 0.25) is 0 Å².